The molecule has 2 unspecified atom stereocenters. The number of hydrogen-bond donors (Lipinski definition) is 0. The van der Waals surface area contributed by atoms with Gasteiger partial charge in [-0.25, -0.2) is 12.7 Å². The second kappa shape index (κ2) is 4.92. The summed E-state index contributed by atoms with van der Waals surface area (Å²) in [6.07, 6.45) is 10.4. The summed E-state index contributed by atoms with van der Waals surface area (Å²) in [6.45, 7) is 3.66. The third kappa shape index (κ3) is 2.26. The molecule has 5 heteroatoms. The molecule has 0 amide bonds. The Hall–Kier alpha value is -0.680. The van der Waals surface area contributed by atoms with Crippen molar-refractivity contribution in [2.75, 3.05) is 19.3 Å². The second-order valence-corrected chi connectivity index (χ2v) is 10.6. The molecule has 1 saturated heterocycles. The van der Waals surface area contributed by atoms with Crippen LogP contribution < -0.4 is 0 Å². The van der Waals surface area contributed by atoms with Crippen LogP contribution in [0.1, 0.15) is 51.9 Å². The highest BCUT2D eigenvalue weighted by Gasteiger charge is 2.62. The van der Waals surface area contributed by atoms with Crippen molar-refractivity contribution in [2.45, 2.75) is 51.9 Å². The second-order valence-electron chi connectivity index (χ2n) is 8.64. The molecule has 0 aromatic carbocycles. The molecule has 1 aliphatic heterocycles. The summed E-state index contributed by atoms with van der Waals surface area (Å²) >= 11 is 0. The zero-order valence-electron chi connectivity index (χ0n) is 14.2. The number of nitrogens with zero attached hydrogens (tertiary/aromatic N) is 1. The minimum Gasteiger partial charge on any atom is -0.295 e. The molecule has 2 bridgehead atoms. The predicted octanol–water partition coefficient (Wildman–Crippen LogP) is 2.75. The number of carbonyl (C=O) groups excluding carboxylic acids is 1. The van der Waals surface area contributed by atoms with Crippen molar-refractivity contribution in [1.82, 2.24) is 4.31 Å². The molecule has 3 fully saturated rings. The molecule has 0 N–H and O–H groups in total. The van der Waals surface area contributed by atoms with Gasteiger partial charge in [0.15, 0.2) is 5.78 Å². The Labute approximate surface area is 139 Å². The number of carbonyl (C=O) groups is 1. The Morgan fingerprint density at radius 1 is 1.17 bits per heavy atom. The normalized spacial score (nSPS) is 44.3. The molecule has 2 saturated carbocycles. The molecule has 4 nitrogen and oxygen atoms in total. The number of fused-ring (bicyclic) bond motifs is 1. The van der Waals surface area contributed by atoms with Gasteiger partial charge in [0.1, 0.15) is 0 Å². The maximum absolute atomic E-state index is 12.3. The average molecular weight is 337 g/mol. The molecule has 0 radical (unpaired) electrons. The molecule has 3 aliphatic carbocycles. The van der Waals surface area contributed by atoms with Gasteiger partial charge in [-0.2, -0.15) is 0 Å². The van der Waals surface area contributed by atoms with Crippen molar-refractivity contribution < 1.29 is 13.2 Å². The van der Waals surface area contributed by atoms with Crippen molar-refractivity contribution in [1.29, 1.82) is 0 Å². The van der Waals surface area contributed by atoms with E-state index in [1.54, 1.807) is 4.31 Å². The number of ketones is 1. The van der Waals surface area contributed by atoms with Gasteiger partial charge in [-0.3, -0.25) is 4.79 Å². The van der Waals surface area contributed by atoms with Gasteiger partial charge in [-0.1, -0.05) is 18.9 Å². The molecule has 23 heavy (non-hydrogen) atoms. The first-order chi connectivity index (χ1) is 10.7. The molecule has 4 rings (SSSR count). The number of piperidine rings is 1. The topological polar surface area (TPSA) is 54.5 Å². The van der Waals surface area contributed by atoms with Crippen LogP contribution in [0.2, 0.25) is 0 Å². The number of hydrogen-bond acceptors (Lipinski definition) is 3. The Balaban J connectivity index is 1.81. The van der Waals surface area contributed by atoms with E-state index < -0.39 is 10.0 Å². The van der Waals surface area contributed by atoms with Crippen molar-refractivity contribution in [2.24, 2.45) is 22.7 Å². The minimum absolute atomic E-state index is 0.0686. The largest absolute Gasteiger partial charge is 0.295 e. The van der Waals surface area contributed by atoms with Crippen molar-refractivity contribution in [3.63, 3.8) is 0 Å². The van der Waals surface area contributed by atoms with Crippen LogP contribution in [0.15, 0.2) is 11.6 Å². The highest BCUT2D eigenvalue weighted by Crippen LogP contribution is 2.65. The smallest absolute Gasteiger partial charge is 0.211 e. The molecule has 4 aliphatic rings. The van der Waals surface area contributed by atoms with Crippen molar-refractivity contribution in [3.05, 3.63) is 11.6 Å². The lowest BCUT2D eigenvalue weighted by Crippen LogP contribution is -2.65. The molecule has 128 valence electrons. The summed E-state index contributed by atoms with van der Waals surface area (Å²) < 4.78 is 26.4. The van der Waals surface area contributed by atoms with E-state index in [0.717, 1.165) is 32.1 Å². The van der Waals surface area contributed by atoms with Crippen LogP contribution in [0.25, 0.3) is 0 Å². The van der Waals surface area contributed by atoms with E-state index in [1.165, 1.54) is 18.2 Å². The predicted molar refractivity (Wildman–Crippen MR) is 89.3 cm³/mol. The van der Waals surface area contributed by atoms with Gasteiger partial charge in [0.25, 0.3) is 0 Å². The van der Waals surface area contributed by atoms with E-state index in [9.17, 15) is 13.2 Å². The fourth-order valence-electron chi connectivity index (χ4n) is 6.49. The lowest BCUT2D eigenvalue weighted by atomic mass is 9.44. The van der Waals surface area contributed by atoms with E-state index in [0.29, 0.717) is 31.3 Å². The Kier molecular flexibility index (Phi) is 3.38. The van der Waals surface area contributed by atoms with Crippen LogP contribution in [-0.2, 0) is 14.8 Å². The zero-order chi connectivity index (χ0) is 16.5. The van der Waals surface area contributed by atoms with Gasteiger partial charge >= 0.3 is 0 Å². The highest BCUT2D eigenvalue weighted by molar-refractivity contribution is 7.88. The quantitative estimate of drug-likeness (QED) is 0.739. The summed E-state index contributed by atoms with van der Waals surface area (Å²) in [5.74, 6) is 1.29. The van der Waals surface area contributed by atoms with E-state index in [-0.39, 0.29) is 16.6 Å². The van der Waals surface area contributed by atoms with Gasteiger partial charge in [0.05, 0.1) is 6.26 Å². The average Bonchev–Trinajstić information content (AvgIpc) is 2.44. The first kappa shape index (κ1) is 15.8. The van der Waals surface area contributed by atoms with Gasteiger partial charge in [-0.05, 0) is 60.8 Å². The zero-order valence-corrected chi connectivity index (χ0v) is 15.0. The molecule has 0 aromatic rings. The molecule has 4 atom stereocenters. The van der Waals surface area contributed by atoms with E-state index in [1.807, 2.05) is 6.08 Å². The Bertz CT molecular complexity index is 682. The van der Waals surface area contributed by atoms with Crippen LogP contribution in [-0.4, -0.2) is 37.9 Å². The van der Waals surface area contributed by atoms with Crippen LogP contribution in [0.5, 0.6) is 0 Å². The third-order valence-electron chi connectivity index (χ3n) is 7.29. The standard InChI is InChI=1S/C18H27NO3S/c1-17-8-3-9-18(12-19(11-17)23(2,21)22)15-6-5-14(20)10-13(15)4-7-16(17)18/h10,15-16H,3-9,11-12H2,1-2H3/t15-,16-,17?,18?/m1/s1. The number of rotatable bonds is 1. The summed E-state index contributed by atoms with van der Waals surface area (Å²) in [7, 11) is -3.16. The molecular formula is C18H27NO3S. The maximum atomic E-state index is 12.3. The molecule has 0 aromatic heterocycles. The third-order valence-corrected chi connectivity index (χ3v) is 8.49. The monoisotopic (exact) mass is 337 g/mol. The fourth-order valence-corrected chi connectivity index (χ4v) is 7.50. The van der Waals surface area contributed by atoms with E-state index in [4.69, 9.17) is 0 Å². The van der Waals surface area contributed by atoms with Crippen molar-refractivity contribution in [3.8, 4) is 0 Å². The molecular weight excluding hydrogens is 310 g/mol. The Morgan fingerprint density at radius 2 is 1.96 bits per heavy atom. The van der Waals surface area contributed by atoms with Crippen LogP contribution in [0.3, 0.4) is 0 Å². The highest BCUT2D eigenvalue weighted by atomic mass is 32.2. The number of sulfonamides is 1. The minimum atomic E-state index is -3.16. The van der Waals surface area contributed by atoms with Gasteiger partial charge in [0, 0.05) is 19.5 Å². The molecule has 1 heterocycles. The van der Waals surface area contributed by atoms with E-state index >= 15 is 0 Å². The Morgan fingerprint density at radius 3 is 2.70 bits per heavy atom. The lowest BCUT2D eigenvalue weighted by molar-refractivity contribution is -0.132. The van der Waals surface area contributed by atoms with Gasteiger partial charge in [0.2, 0.25) is 10.0 Å². The number of allylic oxidation sites excluding steroid dienone is 2. The summed E-state index contributed by atoms with van der Waals surface area (Å²) in [6, 6.07) is 0. The SMILES string of the molecule is CC12CCCC3(CN(S(C)(=O)=O)C1)[C@@H]1CCC(=O)C=C1CC[C@H]23. The first-order valence-corrected chi connectivity index (χ1v) is 10.8. The summed E-state index contributed by atoms with van der Waals surface area (Å²) in [5.41, 5.74) is 1.49. The van der Waals surface area contributed by atoms with Crippen LogP contribution in [0, 0.1) is 22.7 Å². The summed E-state index contributed by atoms with van der Waals surface area (Å²) in [4.78, 5) is 11.9. The van der Waals surface area contributed by atoms with Crippen LogP contribution >= 0.6 is 0 Å². The van der Waals surface area contributed by atoms with Crippen molar-refractivity contribution >= 4 is 15.8 Å². The fraction of sp³-hybridized carbons (Fsp3) is 0.833. The van der Waals surface area contributed by atoms with Crippen LogP contribution in [0.4, 0.5) is 0 Å². The lowest BCUT2D eigenvalue weighted by Gasteiger charge is -2.65. The van der Waals surface area contributed by atoms with Gasteiger partial charge < -0.3 is 0 Å². The van der Waals surface area contributed by atoms with Gasteiger partial charge in [-0.15, -0.1) is 0 Å². The van der Waals surface area contributed by atoms with E-state index in [2.05, 4.69) is 6.92 Å². The summed E-state index contributed by atoms with van der Waals surface area (Å²) in [5, 5.41) is 0. The maximum Gasteiger partial charge on any atom is 0.211 e. The molecule has 0 spiro atoms. The first-order valence-electron chi connectivity index (χ1n) is 8.93.